The zero-order valence-corrected chi connectivity index (χ0v) is 7.37. The van der Waals surface area contributed by atoms with Crippen LogP contribution < -0.4 is 5.32 Å². The number of nitrogens with one attached hydrogen (secondary N) is 1. The van der Waals surface area contributed by atoms with E-state index in [1.807, 2.05) is 19.9 Å². The second-order valence-corrected chi connectivity index (χ2v) is 3.14. The van der Waals surface area contributed by atoms with E-state index < -0.39 is 6.09 Å². The molecule has 1 amide bonds. The van der Waals surface area contributed by atoms with Crippen molar-refractivity contribution in [2.45, 2.75) is 32.7 Å². The Morgan fingerprint density at radius 1 is 1.67 bits per heavy atom. The predicted octanol–water partition coefficient (Wildman–Crippen LogP) is 1.58. The summed E-state index contributed by atoms with van der Waals surface area (Å²) >= 11 is 0. The largest absolute Gasteiger partial charge is 0.465 e. The minimum atomic E-state index is -1.06. The van der Waals surface area contributed by atoms with E-state index in [4.69, 9.17) is 10.4 Å². The summed E-state index contributed by atoms with van der Waals surface area (Å²) in [6, 6.07) is 1.72. The van der Waals surface area contributed by atoms with E-state index in [1.165, 1.54) is 0 Å². The molecule has 0 rings (SSSR count). The maximum Gasteiger partial charge on any atom is 0.404 e. The predicted molar refractivity (Wildman–Crippen MR) is 44.6 cm³/mol. The first-order chi connectivity index (χ1) is 5.56. The van der Waals surface area contributed by atoms with Crippen LogP contribution in [0, 0.1) is 17.2 Å². The quantitative estimate of drug-likeness (QED) is 0.672. The highest BCUT2D eigenvalue weighted by Crippen LogP contribution is 2.06. The van der Waals surface area contributed by atoms with Gasteiger partial charge in [-0.25, -0.2) is 4.79 Å². The standard InChI is InChI=1S/C8H14N2O2/c1-6(2)5-7(3-4-9)10-8(11)12/h6-7,10H,3,5H2,1-2H3,(H,11,12)/t7-/m1/s1. The van der Waals surface area contributed by atoms with Gasteiger partial charge < -0.3 is 10.4 Å². The molecule has 4 nitrogen and oxygen atoms in total. The van der Waals surface area contributed by atoms with Crippen LogP contribution in [-0.4, -0.2) is 17.2 Å². The Kier molecular flexibility index (Phi) is 4.86. The molecule has 0 aromatic heterocycles. The average molecular weight is 170 g/mol. The molecule has 0 aliphatic carbocycles. The fraction of sp³-hybridized carbons (Fsp3) is 0.750. The van der Waals surface area contributed by atoms with Crippen molar-refractivity contribution in [1.29, 1.82) is 5.26 Å². The number of nitriles is 1. The fourth-order valence-electron chi connectivity index (χ4n) is 1.05. The monoisotopic (exact) mass is 170 g/mol. The molecule has 68 valence electrons. The topological polar surface area (TPSA) is 73.1 Å². The highest BCUT2D eigenvalue weighted by Gasteiger charge is 2.12. The summed E-state index contributed by atoms with van der Waals surface area (Å²) in [5.41, 5.74) is 0. The maximum absolute atomic E-state index is 10.2. The van der Waals surface area contributed by atoms with Crippen LogP contribution >= 0.6 is 0 Å². The number of hydrogen-bond donors (Lipinski definition) is 2. The van der Waals surface area contributed by atoms with Gasteiger partial charge >= 0.3 is 6.09 Å². The molecule has 1 atom stereocenters. The molecule has 4 heteroatoms. The third-order valence-electron chi connectivity index (χ3n) is 1.42. The number of rotatable bonds is 4. The molecule has 0 radical (unpaired) electrons. The molecule has 0 spiro atoms. The molecule has 0 heterocycles. The molecule has 12 heavy (non-hydrogen) atoms. The lowest BCUT2D eigenvalue weighted by molar-refractivity contribution is 0.188. The molecule has 0 aliphatic heterocycles. The van der Waals surface area contributed by atoms with Crippen molar-refractivity contribution in [3.8, 4) is 6.07 Å². The van der Waals surface area contributed by atoms with Gasteiger partial charge in [0, 0.05) is 6.04 Å². The smallest absolute Gasteiger partial charge is 0.404 e. The van der Waals surface area contributed by atoms with Crippen molar-refractivity contribution in [2.75, 3.05) is 0 Å². The Bertz CT molecular complexity index is 184. The molecule has 0 bridgehead atoms. The van der Waals surface area contributed by atoms with Crippen LogP contribution in [0.3, 0.4) is 0 Å². The van der Waals surface area contributed by atoms with Gasteiger partial charge in [0.15, 0.2) is 0 Å². The summed E-state index contributed by atoms with van der Waals surface area (Å²) in [7, 11) is 0. The lowest BCUT2D eigenvalue weighted by Gasteiger charge is -2.15. The van der Waals surface area contributed by atoms with E-state index in [1.54, 1.807) is 0 Å². The summed E-state index contributed by atoms with van der Waals surface area (Å²) in [6.45, 7) is 3.99. The van der Waals surface area contributed by atoms with Crippen molar-refractivity contribution in [3.63, 3.8) is 0 Å². The van der Waals surface area contributed by atoms with Gasteiger partial charge in [0.25, 0.3) is 0 Å². The fourth-order valence-corrected chi connectivity index (χ4v) is 1.05. The summed E-state index contributed by atoms with van der Waals surface area (Å²) < 4.78 is 0. The lowest BCUT2D eigenvalue weighted by Crippen LogP contribution is -2.34. The molecular formula is C8H14N2O2. The van der Waals surface area contributed by atoms with E-state index >= 15 is 0 Å². The Hall–Kier alpha value is -1.24. The minimum Gasteiger partial charge on any atom is -0.465 e. The third kappa shape index (κ3) is 5.54. The Morgan fingerprint density at radius 3 is 2.58 bits per heavy atom. The van der Waals surface area contributed by atoms with E-state index in [0.29, 0.717) is 12.3 Å². The number of amides is 1. The van der Waals surface area contributed by atoms with Crippen LogP contribution in [0.1, 0.15) is 26.7 Å². The van der Waals surface area contributed by atoms with Gasteiger partial charge in [0.2, 0.25) is 0 Å². The SMILES string of the molecule is CC(C)C[C@@H](CC#N)NC(=O)O. The van der Waals surface area contributed by atoms with Crippen LogP contribution in [0.15, 0.2) is 0 Å². The summed E-state index contributed by atoms with van der Waals surface area (Å²) in [6.07, 6.45) is -0.111. The van der Waals surface area contributed by atoms with E-state index in [-0.39, 0.29) is 12.5 Å². The van der Waals surface area contributed by atoms with Gasteiger partial charge in [0.05, 0.1) is 12.5 Å². The van der Waals surface area contributed by atoms with Gasteiger partial charge in [-0.15, -0.1) is 0 Å². The van der Waals surface area contributed by atoms with Gasteiger partial charge in [-0.1, -0.05) is 13.8 Å². The maximum atomic E-state index is 10.2. The number of carboxylic acid groups (broad SMARTS) is 1. The molecule has 0 unspecified atom stereocenters. The normalized spacial score (nSPS) is 12.2. The molecule has 0 saturated carbocycles. The minimum absolute atomic E-state index is 0.229. The van der Waals surface area contributed by atoms with E-state index in [0.717, 1.165) is 0 Å². The zero-order chi connectivity index (χ0) is 9.56. The molecule has 0 fully saturated rings. The molecule has 0 saturated heterocycles. The van der Waals surface area contributed by atoms with Crippen LogP contribution in [0.5, 0.6) is 0 Å². The van der Waals surface area contributed by atoms with E-state index in [9.17, 15) is 4.79 Å². The average Bonchev–Trinajstić information content (AvgIpc) is 1.84. The van der Waals surface area contributed by atoms with Gasteiger partial charge in [-0.2, -0.15) is 5.26 Å². The van der Waals surface area contributed by atoms with Crippen molar-refractivity contribution >= 4 is 6.09 Å². The summed E-state index contributed by atoms with van der Waals surface area (Å²) in [5, 5.41) is 19.1. The molecule has 0 aliphatic rings. The number of nitrogens with zero attached hydrogens (tertiary/aromatic N) is 1. The number of carbonyl (C=O) groups is 1. The first kappa shape index (κ1) is 10.8. The molecule has 0 aromatic carbocycles. The van der Waals surface area contributed by atoms with Crippen molar-refractivity contribution in [1.82, 2.24) is 5.32 Å². The van der Waals surface area contributed by atoms with Crippen LogP contribution in [0.25, 0.3) is 0 Å². The molecule has 0 aromatic rings. The Labute approximate surface area is 72.2 Å². The highest BCUT2D eigenvalue weighted by atomic mass is 16.4. The second-order valence-electron chi connectivity index (χ2n) is 3.14. The lowest BCUT2D eigenvalue weighted by atomic mass is 10.0. The first-order valence-corrected chi connectivity index (χ1v) is 3.92. The number of hydrogen-bond acceptors (Lipinski definition) is 2. The Morgan fingerprint density at radius 2 is 2.25 bits per heavy atom. The zero-order valence-electron chi connectivity index (χ0n) is 7.37. The third-order valence-corrected chi connectivity index (χ3v) is 1.42. The molecule has 2 N–H and O–H groups in total. The van der Waals surface area contributed by atoms with Gasteiger partial charge in [0.1, 0.15) is 0 Å². The second kappa shape index (κ2) is 5.42. The highest BCUT2D eigenvalue weighted by molar-refractivity contribution is 5.64. The van der Waals surface area contributed by atoms with Crippen LogP contribution in [-0.2, 0) is 0 Å². The Balaban J connectivity index is 3.87. The van der Waals surface area contributed by atoms with Crippen LogP contribution in [0.2, 0.25) is 0 Å². The van der Waals surface area contributed by atoms with Gasteiger partial charge in [-0.3, -0.25) is 0 Å². The summed E-state index contributed by atoms with van der Waals surface area (Å²) in [5.74, 6) is 0.398. The first-order valence-electron chi connectivity index (χ1n) is 3.92. The van der Waals surface area contributed by atoms with Gasteiger partial charge in [-0.05, 0) is 12.3 Å². The van der Waals surface area contributed by atoms with E-state index in [2.05, 4.69) is 5.32 Å². The van der Waals surface area contributed by atoms with Crippen molar-refractivity contribution in [2.24, 2.45) is 5.92 Å². The van der Waals surface area contributed by atoms with Crippen LogP contribution in [0.4, 0.5) is 4.79 Å². The molecular weight excluding hydrogens is 156 g/mol. The van der Waals surface area contributed by atoms with Crippen molar-refractivity contribution < 1.29 is 9.90 Å². The summed E-state index contributed by atoms with van der Waals surface area (Å²) in [4.78, 5) is 10.2. The van der Waals surface area contributed by atoms with Crippen molar-refractivity contribution in [3.05, 3.63) is 0 Å².